The summed E-state index contributed by atoms with van der Waals surface area (Å²) in [5, 5.41) is 0. The minimum Gasteiger partial charge on any atom is -0.283 e. The molecule has 3 aliphatic rings. The second-order valence-corrected chi connectivity index (χ2v) is 8.15. The maximum atomic E-state index is 12.4. The molecule has 3 bridgehead atoms. The molecule has 0 heterocycles. The maximum Gasteiger partial charge on any atom is 0.189 e. The van der Waals surface area contributed by atoms with Crippen LogP contribution in [-0.2, 0) is 15.3 Å². The Morgan fingerprint density at radius 2 is 1.70 bits per heavy atom. The van der Waals surface area contributed by atoms with Crippen molar-refractivity contribution >= 4 is 11.1 Å². The molecule has 0 spiro atoms. The molecule has 2 nitrogen and oxygen atoms in total. The Morgan fingerprint density at radius 1 is 1.00 bits per heavy atom. The van der Waals surface area contributed by atoms with Gasteiger partial charge in [0.2, 0.25) is 0 Å². The van der Waals surface area contributed by atoms with Gasteiger partial charge < -0.3 is 0 Å². The molecule has 4 rings (SSSR count). The lowest BCUT2D eigenvalue weighted by atomic mass is 9.71. The quantitative estimate of drug-likeness (QED) is 0.845. The molecule has 3 aliphatic carbocycles. The van der Waals surface area contributed by atoms with Crippen molar-refractivity contribution in [2.45, 2.75) is 50.0 Å². The van der Waals surface area contributed by atoms with E-state index in [0.29, 0.717) is 5.92 Å². The number of fused-ring (bicyclic) bond motifs is 2. The average molecular weight is 290 g/mol. The maximum absolute atomic E-state index is 12.4. The van der Waals surface area contributed by atoms with Crippen molar-refractivity contribution in [1.82, 2.24) is 0 Å². The van der Waals surface area contributed by atoms with Crippen LogP contribution in [0.2, 0.25) is 0 Å². The number of rotatable bonds is 3. The standard InChI is InChI=1S/C17H22O2S/c1-11-2-4-15(5-3-11)20(18)19-17-10-13-6-12-7-14(8-13)16(17)9-12/h2-5,12-14,16-17H,6-10H2,1H3/t12-,13+,14-,16-,17-,20?/m1/s1. The monoisotopic (exact) mass is 290 g/mol. The van der Waals surface area contributed by atoms with E-state index in [9.17, 15) is 4.21 Å². The number of benzene rings is 1. The molecule has 0 radical (unpaired) electrons. The highest BCUT2D eigenvalue weighted by Gasteiger charge is 2.49. The van der Waals surface area contributed by atoms with Crippen molar-refractivity contribution in [2.24, 2.45) is 23.7 Å². The highest BCUT2D eigenvalue weighted by atomic mass is 32.2. The normalized spacial score (nSPS) is 40.0. The Bertz CT molecular complexity index is 522. The fourth-order valence-corrected chi connectivity index (χ4v) is 5.73. The zero-order valence-corrected chi connectivity index (χ0v) is 12.8. The molecular formula is C17H22O2S. The Kier molecular flexibility index (Phi) is 3.23. The lowest BCUT2D eigenvalue weighted by molar-refractivity contribution is 0.0474. The van der Waals surface area contributed by atoms with Gasteiger partial charge in [0.05, 0.1) is 11.0 Å². The fraction of sp³-hybridized carbons (Fsp3) is 0.647. The van der Waals surface area contributed by atoms with Crippen LogP contribution in [0.5, 0.6) is 0 Å². The largest absolute Gasteiger partial charge is 0.283 e. The van der Waals surface area contributed by atoms with Gasteiger partial charge in [-0.15, -0.1) is 0 Å². The molecule has 3 fully saturated rings. The summed E-state index contributed by atoms with van der Waals surface area (Å²) in [6.45, 7) is 2.05. The van der Waals surface area contributed by atoms with E-state index in [1.54, 1.807) is 0 Å². The van der Waals surface area contributed by atoms with Gasteiger partial charge in [0.15, 0.2) is 11.1 Å². The van der Waals surface area contributed by atoms with Crippen LogP contribution in [0.15, 0.2) is 29.2 Å². The molecule has 0 amide bonds. The summed E-state index contributed by atoms with van der Waals surface area (Å²) in [6.07, 6.45) is 6.88. The molecule has 0 aromatic heterocycles. The second-order valence-electron chi connectivity index (χ2n) is 7.02. The van der Waals surface area contributed by atoms with E-state index in [1.807, 2.05) is 31.2 Å². The Hall–Kier alpha value is -0.670. The van der Waals surface area contributed by atoms with Gasteiger partial charge in [-0.25, -0.2) is 4.21 Å². The highest BCUT2D eigenvalue weighted by molar-refractivity contribution is 7.80. The molecule has 1 unspecified atom stereocenters. The highest BCUT2D eigenvalue weighted by Crippen LogP contribution is 2.56. The SMILES string of the molecule is Cc1ccc(S(=O)O[C@@H]2C[C@H]3C[C@@H]4C[C@H](C3)[C@H]2C4)cc1. The molecule has 6 atom stereocenters. The lowest BCUT2D eigenvalue weighted by Gasteiger charge is -2.38. The van der Waals surface area contributed by atoms with Crippen molar-refractivity contribution < 1.29 is 8.39 Å². The van der Waals surface area contributed by atoms with Crippen molar-refractivity contribution in [3.63, 3.8) is 0 Å². The summed E-state index contributed by atoms with van der Waals surface area (Å²) in [5.41, 5.74) is 1.19. The van der Waals surface area contributed by atoms with E-state index in [1.165, 1.54) is 31.2 Å². The molecule has 1 aromatic carbocycles. The topological polar surface area (TPSA) is 26.3 Å². The van der Waals surface area contributed by atoms with E-state index in [4.69, 9.17) is 4.18 Å². The predicted molar refractivity (Wildman–Crippen MR) is 79.5 cm³/mol. The van der Waals surface area contributed by atoms with Gasteiger partial charge >= 0.3 is 0 Å². The van der Waals surface area contributed by atoms with Crippen LogP contribution in [0.25, 0.3) is 0 Å². The second kappa shape index (κ2) is 4.96. The lowest BCUT2D eigenvalue weighted by Crippen LogP contribution is -2.36. The van der Waals surface area contributed by atoms with Gasteiger partial charge in [-0.3, -0.25) is 4.18 Å². The van der Waals surface area contributed by atoms with Crippen LogP contribution in [0, 0.1) is 30.6 Å². The van der Waals surface area contributed by atoms with Crippen molar-refractivity contribution in [3.8, 4) is 0 Å². The van der Waals surface area contributed by atoms with Crippen molar-refractivity contribution in [3.05, 3.63) is 29.8 Å². The molecule has 3 saturated carbocycles. The molecular weight excluding hydrogens is 268 g/mol. The molecule has 1 aromatic rings. The third-order valence-electron chi connectivity index (χ3n) is 5.62. The molecule has 0 saturated heterocycles. The van der Waals surface area contributed by atoms with Gasteiger partial charge in [0, 0.05) is 0 Å². The third kappa shape index (κ3) is 2.25. The minimum atomic E-state index is -1.30. The first-order chi connectivity index (χ1) is 9.69. The predicted octanol–water partition coefficient (Wildman–Crippen LogP) is 3.86. The molecule has 108 valence electrons. The Morgan fingerprint density at radius 3 is 2.45 bits per heavy atom. The van der Waals surface area contributed by atoms with Gasteiger partial charge in [-0.1, -0.05) is 17.7 Å². The zero-order chi connectivity index (χ0) is 13.7. The van der Waals surface area contributed by atoms with Gasteiger partial charge in [0.1, 0.15) is 0 Å². The average Bonchev–Trinajstić information content (AvgIpc) is 2.66. The van der Waals surface area contributed by atoms with E-state index in [-0.39, 0.29) is 6.10 Å². The molecule has 0 N–H and O–H groups in total. The van der Waals surface area contributed by atoms with Crippen LogP contribution in [0.3, 0.4) is 0 Å². The molecule has 0 aliphatic heterocycles. The number of hydrogen-bond donors (Lipinski definition) is 0. The van der Waals surface area contributed by atoms with Gasteiger partial charge in [-0.2, -0.15) is 0 Å². The zero-order valence-electron chi connectivity index (χ0n) is 12.0. The van der Waals surface area contributed by atoms with Crippen molar-refractivity contribution in [1.29, 1.82) is 0 Å². The summed E-state index contributed by atoms with van der Waals surface area (Å²) in [4.78, 5) is 0.808. The number of aryl methyl sites for hydroxylation is 1. The summed E-state index contributed by atoms with van der Waals surface area (Å²) >= 11 is -1.30. The first-order valence-corrected chi connectivity index (χ1v) is 8.92. The van der Waals surface area contributed by atoms with Gasteiger partial charge in [0.25, 0.3) is 0 Å². The van der Waals surface area contributed by atoms with E-state index in [2.05, 4.69) is 0 Å². The first kappa shape index (κ1) is 13.0. The van der Waals surface area contributed by atoms with E-state index in [0.717, 1.165) is 29.1 Å². The molecule has 3 heteroatoms. The summed E-state index contributed by atoms with van der Waals surface area (Å²) in [6, 6.07) is 7.88. The van der Waals surface area contributed by atoms with Gasteiger partial charge in [-0.05, 0) is 74.8 Å². The first-order valence-electron chi connectivity index (χ1n) is 7.84. The van der Waals surface area contributed by atoms with Crippen LogP contribution in [0.4, 0.5) is 0 Å². The summed E-state index contributed by atoms with van der Waals surface area (Å²) in [5.74, 6) is 3.29. The number of hydrogen-bond acceptors (Lipinski definition) is 2. The van der Waals surface area contributed by atoms with Crippen LogP contribution in [0.1, 0.15) is 37.7 Å². The minimum absolute atomic E-state index is 0.230. The summed E-state index contributed by atoms with van der Waals surface area (Å²) < 4.78 is 18.4. The smallest absolute Gasteiger partial charge is 0.189 e. The third-order valence-corrected chi connectivity index (χ3v) is 6.70. The van der Waals surface area contributed by atoms with Crippen LogP contribution >= 0.6 is 0 Å². The summed E-state index contributed by atoms with van der Waals surface area (Å²) in [7, 11) is 0. The van der Waals surface area contributed by atoms with Crippen LogP contribution in [-0.4, -0.2) is 10.3 Å². The fourth-order valence-electron chi connectivity index (χ4n) is 4.81. The van der Waals surface area contributed by atoms with E-state index < -0.39 is 11.1 Å². The van der Waals surface area contributed by atoms with Crippen LogP contribution < -0.4 is 0 Å². The van der Waals surface area contributed by atoms with Crippen molar-refractivity contribution in [2.75, 3.05) is 0 Å². The Balaban J connectivity index is 1.49. The van der Waals surface area contributed by atoms with E-state index >= 15 is 0 Å². The Labute approximate surface area is 123 Å². The molecule has 20 heavy (non-hydrogen) atoms.